The molecular weight excluding hydrogens is 443 g/mol. The monoisotopic (exact) mass is 472 g/mol. The molecule has 0 saturated carbocycles. The Morgan fingerprint density at radius 2 is 1.96 bits per heavy atom. The first-order chi connectivity index (χ1) is 11.1. The molecule has 2 N–H and O–H groups in total. The maximum absolute atomic E-state index is 11.7. The van der Waals surface area contributed by atoms with E-state index in [1.54, 1.807) is 16.7 Å². The first kappa shape index (κ1) is 21.6. The van der Waals surface area contributed by atoms with Crippen LogP contribution in [0.25, 0.3) is 0 Å². The molecule has 0 aliphatic carbocycles. The fourth-order valence-electron chi connectivity index (χ4n) is 2.68. The van der Waals surface area contributed by atoms with E-state index >= 15 is 0 Å². The Bertz CT molecular complexity index is 425. The predicted octanol–water partition coefficient (Wildman–Crippen LogP) is 1.21. The van der Waals surface area contributed by atoms with Gasteiger partial charge in [-0.2, -0.15) is 11.8 Å². The van der Waals surface area contributed by atoms with Gasteiger partial charge >= 0.3 is 6.09 Å². The number of amides is 1. The van der Waals surface area contributed by atoms with Gasteiger partial charge in [0.15, 0.2) is 5.96 Å². The number of aliphatic hydroxyl groups is 1. The van der Waals surface area contributed by atoms with Crippen molar-refractivity contribution in [3.63, 3.8) is 0 Å². The molecule has 0 aromatic rings. The van der Waals surface area contributed by atoms with Gasteiger partial charge in [0.05, 0.1) is 18.8 Å². The van der Waals surface area contributed by atoms with E-state index in [1.165, 1.54) is 0 Å². The Morgan fingerprint density at radius 3 is 2.50 bits per heavy atom. The van der Waals surface area contributed by atoms with Gasteiger partial charge in [0.2, 0.25) is 0 Å². The van der Waals surface area contributed by atoms with E-state index in [0.717, 1.165) is 43.5 Å². The van der Waals surface area contributed by atoms with Crippen LogP contribution in [-0.4, -0.2) is 89.9 Å². The normalized spacial score (nSPS) is 24.5. The number of carbonyl (C=O) groups excluding carboxylic acids is 1. The van der Waals surface area contributed by atoms with Crippen LogP contribution in [0.3, 0.4) is 0 Å². The second-order valence-electron chi connectivity index (χ2n) is 5.87. The number of rotatable bonds is 4. The Morgan fingerprint density at radius 1 is 1.29 bits per heavy atom. The molecule has 7 nitrogen and oxygen atoms in total. The van der Waals surface area contributed by atoms with Crippen molar-refractivity contribution in [2.24, 2.45) is 4.99 Å². The van der Waals surface area contributed by atoms with Gasteiger partial charge in [0.25, 0.3) is 0 Å². The van der Waals surface area contributed by atoms with Crippen LogP contribution in [0, 0.1) is 0 Å². The molecule has 140 valence electrons. The lowest BCUT2D eigenvalue weighted by molar-refractivity contribution is 0.0770. The first-order valence-electron chi connectivity index (χ1n) is 8.33. The number of thioether (sulfide) groups is 1. The summed E-state index contributed by atoms with van der Waals surface area (Å²) in [5, 5.41) is 13.7. The summed E-state index contributed by atoms with van der Waals surface area (Å²) in [5.41, 5.74) is -0.669. The smallest absolute Gasteiger partial charge is 0.409 e. The molecule has 9 heteroatoms. The number of nitrogens with one attached hydrogen (secondary N) is 1. The highest BCUT2D eigenvalue weighted by atomic mass is 127. The number of piperazine rings is 1. The predicted molar refractivity (Wildman–Crippen MR) is 108 cm³/mol. The van der Waals surface area contributed by atoms with Crippen molar-refractivity contribution in [1.82, 2.24) is 15.1 Å². The van der Waals surface area contributed by atoms with Gasteiger partial charge in [0.1, 0.15) is 0 Å². The third kappa shape index (κ3) is 6.14. The van der Waals surface area contributed by atoms with E-state index in [1.807, 2.05) is 13.8 Å². The SMILES string of the molecule is CCNC(=NCC1(O)CCSC1)N1CCN(C(=O)OCC)CC1.I. The van der Waals surface area contributed by atoms with E-state index < -0.39 is 5.60 Å². The van der Waals surface area contributed by atoms with Gasteiger partial charge in [0, 0.05) is 38.5 Å². The molecule has 1 atom stereocenters. The highest BCUT2D eigenvalue weighted by molar-refractivity contribution is 14.0. The molecular formula is C15H29IN4O3S. The molecule has 0 bridgehead atoms. The summed E-state index contributed by atoms with van der Waals surface area (Å²) in [6.07, 6.45) is 0.559. The lowest BCUT2D eigenvalue weighted by atomic mass is 10.0. The topological polar surface area (TPSA) is 77.4 Å². The van der Waals surface area contributed by atoms with Gasteiger partial charge in [-0.25, -0.2) is 4.79 Å². The zero-order valence-electron chi connectivity index (χ0n) is 14.5. The van der Waals surface area contributed by atoms with Gasteiger partial charge in [-0.05, 0) is 26.0 Å². The van der Waals surface area contributed by atoms with E-state index in [0.29, 0.717) is 26.2 Å². The van der Waals surface area contributed by atoms with Crippen LogP contribution in [-0.2, 0) is 4.74 Å². The van der Waals surface area contributed by atoms with Crippen LogP contribution in [0.15, 0.2) is 4.99 Å². The Hall–Kier alpha value is -0.420. The Kier molecular flexibility index (Phi) is 9.50. The van der Waals surface area contributed by atoms with Crippen LogP contribution in [0.4, 0.5) is 4.79 Å². The van der Waals surface area contributed by atoms with Crippen molar-refractivity contribution in [3.8, 4) is 0 Å². The summed E-state index contributed by atoms with van der Waals surface area (Å²) >= 11 is 1.78. The van der Waals surface area contributed by atoms with Gasteiger partial charge in [-0.15, -0.1) is 24.0 Å². The van der Waals surface area contributed by atoms with Crippen molar-refractivity contribution in [2.75, 3.05) is 57.4 Å². The van der Waals surface area contributed by atoms with E-state index in [9.17, 15) is 9.90 Å². The zero-order chi connectivity index (χ0) is 16.7. The average molecular weight is 472 g/mol. The molecule has 0 aromatic heterocycles. The third-order valence-corrected chi connectivity index (χ3v) is 5.28. The van der Waals surface area contributed by atoms with Crippen molar-refractivity contribution in [3.05, 3.63) is 0 Å². The molecule has 1 amide bonds. The van der Waals surface area contributed by atoms with Crippen molar-refractivity contribution >= 4 is 47.8 Å². The summed E-state index contributed by atoms with van der Waals surface area (Å²) < 4.78 is 5.04. The molecule has 2 rings (SSSR count). The molecule has 2 saturated heterocycles. The number of nitrogens with zero attached hydrogens (tertiary/aromatic N) is 3. The van der Waals surface area contributed by atoms with Crippen molar-refractivity contribution in [2.45, 2.75) is 25.9 Å². The minimum absolute atomic E-state index is 0. The molecule has 1 unspecified atom stereocenters. The maximum Gasteiger partial charge on any atom is 0.409 e. The molecule has 2 aliphatic rings. The van der Waals surface area contributed by atoms with Gasteiger partial charge < -0.3 is 25.0 Å². The van der Waals surface area contributed by atoms with E-state index in [2.05, 4.69) is 15.2 Å². The standard InChI is InChI=1S/C15H28N4O3S.HI/c1-3-16-13(17-11-15(21)5-10-23-12-15)18-6-8-19(9-7-18)14(20)22-4-2;/h21H,3-12H2,1-2H3,(H,16,17);1H. The molecule has 2 aliphatic heterocycles. The second-order valence-corrected chi connectivity index (χ2v) is 6.98. The van der Waals surface area contributed by atoms with Crippen LogP contribution in [0.2, 0.25) is 0 Å². The molecule has 24 heavy (non-hydrogen) atoms. The number of aliphatic imine (C=N–C) groups is 1. The van der Waals surface area contributed by atoms with Crippen LogP contribution >= 0.6 is 35.7 Å². The van der Waals surface area contributed by atoms with Crippen LogP contribution < -0.4 is 5.32 Å². The zero-order valence-corrected chi connectivity index (χ0v) is 17.6. The minimum Gasteiger partial charge on any atom is -0.450 e. The molecule has 0 spiro atoms. The number of ether oxygens (including phenoxy) is 1. The molecule has 0 aromatic carbocycles. The maximum atomic E-state index is 11.7. The van der Waals surface area contributed by atoms with Crippen molar-refractivity contribution < 1.29 is 14.6 Å². The fraction of sp³-hybridized carbons (Fsp3) is 0.867. The van der Waals surface area contributed by atoms with E-state index in [4.69, 9.17) is 4.74 Å². The number of halogens is 1. The number of hydrogen-bond acceptors (Lipinski definition) is 5. The molecule has 2 heterocycles. The summed E-state index contributed by atoms with van der Waals surface area (Å²) in [6.45, 7) is 8.16. The van der Waals surface area contributed by atoms with Crippen LogP contribution in [0.5, 0.6) is 0 Å². The summed E-state index contributed by atoms with van der Waals surface area (Å²) in [7, 11) is 0. The lowest BCUT2D eigenvalue weighted by Crippen LogP contribution is -2.54. The molecule has 0 radical (unpaired) electrons. The third-order valence-electron chi connectivity index (χ3n) is 4.05. The van der Waals surface area contributed by atoms with Gasteiger partial charge in [-0.1, -0.05) is 0 Å². The van der Waals surface area contributed by atoms with E-state index in [-0.39, 0.29) is 30.1 Å². The first-order valence-corrected chi connectivity index (χ1v) is 9.48. The Labute approximate surface area is 165 Å². The highest BCUT2D eigenvalue weighted by Crippen LogP contribution is 2.27. The van der Waals surface area contributed by atoms with Gasteiger partial charge in [-0.3, -0.25) is 4.99 Å². The number of carbonyl (C=O) groups is 1. The second kappa shape index (κ2) is 10.5. The summed E-state index contributed by atoms with van der Waals surface area (Å²) in [4.78, 5) is 20.2. The van der Waals surface area contributed by atoms with Crippen molar-refractivity contribution in [1.29, 1.82) is 0 Å². The highest BCUT2D eigenvalue weighted by Gasteiger charge is 2.32. The summed E-state index contributed by atoms with van der Waals surface area (Å²) in [6, 6.07) is 0. The van der Waals surface area contributed by atoms with Crippen LogP contribution in [0.1, 0.15) is 20.3 Å². The minimum atomic E-state index is -0.669. The number of hydrogen-bond donors (Lipinski definition) is 2. The average Bonchev–Trinajstić information content (AvgIpc) is 2.99. The lowest BCUT2D eigenvalue weighted by Gasteiger charge is -2.36. The fourth-order valence-corrected chi connectivity index (χ4v) is 3.97. The Balaban J connectivity index is 0.00000288. The quantitative estimate of drug-likeness (QED) is 0.364. The largest absolute Gasteiger partial charge is 0.450 e. The summed E-state index contributed by atoms with van der Waals surface area (Å²) in [5.74, 6) is 2.58. The molecule has 2 fully saturated rings. The number of guanidine groups is 1.